The summed E-state index contributed by atoms with van der Waals surface area (Å²) in [5.41, 5.74) is 13.3. The molecule has 0 saturated carbocycles. The molecule has 1 atom stereocenters. The molecule has 0 radical (unpaired) electrons. The van der Waals surface area contributed by atoms with Gasteiger partial charge in [0.1, 0.15) is 17.4 Å². The molecular weight excluding hydrogens is 528 g/mol. The highest BCUT2D eigenvalue weighted by Gasteiger charge is 2.46. The lowest BCUT2D eigenvalue weighted by molar-refractivity contribution is 0.187. The third kappa shape index (κ3) is 3.51. The van der Waals surface area contributed by atoms with Crippen LogP contribution >= 0.6 is 23.4 Å². The van der Waals surface area contributed by atoms with Gasteiger partial charge >= 0.3 is 0 Å². The number of pyridine rings is 1. The lowest BCUT2D eigenvalue weighted by Gasteiger charge is -2.42. The van der Waals surface area contributed by atoms with Crippen molar-refractivity contribution in [2.45, 2.75) is 35.1 Å². The zero-order valence-corrected chi connectivity index (χ0v) is 22.6. The van der Waals surface area contributed by atoms with Gasteiger partial charge in [0.25, 0.3) is 0 Å². The molecule has 4 aromatic heterocycles. The maximum Gasteiger partial charge on any atom is 0.227 e. The molecule has 0 bridgehead atoms. The van der Waals surface area contributed by atoms with Crippen molar-refractivity contribution in [2.24, 2.45) is 11.1 Å². The predicted molar refractivity (Wildman–Crippen MR) is 154 cm³/mol. The fraction of sp³-hybridized carbons (Fsp3) is 0.233. The molecule has 1 fully saturated rings. The molecular formula is C30H25ClN6OS. The van der Waals surface area contributed by atoms with Crippen LogP contribution in [0, 0.1) is 5.41 Å². The van der Waals surface area contributed by atoms with Crippen LogP contribution in [0.4, 0.5) is 5.82 Å². The Labute approximate surface area is 234 Å². The normalized spacial score (nSPS) is 18.5. The number of piperidine rings is 1. The summed E-state index contributed by atoms with van der Waals surface area (Å²) >= 11 is 8.37. The molecule has 9 heteroatoms. The van der Waals surface area contributed by atoms with E-state index in [9.17, 15) is 0 Å². The number of hydrogen-bond donors (Lipinski definition) is 1. The van der Waals surface area contributed by atoms with Crippen LogP contribution in [0.25, 0.3) is 28.3 Å². The second-order valence-corrected chi connectivity index (χ2v) is 12.0. The molecule has 1 aliphatic carbocycles. The number of fused-ring (bicyclic) bond motifs is 1. The second-order valence-electron chi connectivity index (χ2n) is 10.6. The van der Waals surface area contributed by atoms with Crippen molar-refractivity contribution in [1.29, 1.82) is 0 Å². The number of oxazole rings is 1. The van der Waals surface area contributed by atoms with Gasteiger partial charge in [-0.15, -0.1) is 0 Å². The van der Waals surface area contributed by atoms with Crippen LogP contribution in [0.1, 0.15) is 30.0 Å². The lowest BCUT2D eigenvalue weighted by atomic mass is 9.73. The van der Waals surface area contributed by atoms with Crippen LogP contribution in [0.5, 0.6) is 0 Å². The Kier molecular flexibility index (Phi) is 5.21. The maximum absolute atomic E-state index is 6.81. The summed E-state index contributed by atoms with van der Waals surface area (Å²) in [5.74, 6) is 1.51. The smallest absolute Gasteiger partial charge is 0.227 e. The monoisotopic (exact) mass is 552 g/mol. The van der Waals surface area contributed by atoms with Gasteiger partial charge in [-0.05, 0) is 60.1 Å². The number of nitrogens with zero attached hydrogens (tertiary/aromatic N) is 5. The number of hydrogen-bond acceptors (Lipinski definition) is 7. The quantitative estimate of drug-likeness (QED) is 0.263. The first kappa shape index (κ1) is 23.3. The highest BCUT2D eigenvalue weighted by molar-refractivity contribution is 7.99. The van der Waals surface area contributed by atoms with Crippen molar-refractivity contribution in [3.63, 3.8) is 0 Å². The Morgan fingerprint density at radius 2 is 1.87 bits per heavy atom. The summed E-state index contributed by atoms with van der Waals surface area (Å²) in [4.78, 5) is 18.5. The molecule has 39 heavy (non-hydrogen) atoms. The minimum atomic E-state index is 0.105. The Morgan fingerprint density at radius 1 is 1.00 bits per heavy atom. The SMILES string of the molecule is N[C@@H]1c2ccccc2CC12CCN(c1nc3ccc(Sc4cccc(-c5ncco5)c4Cl)c4ncc1n34)CC2. The Bertz CT molecular complexity index is 1820. The van der Waals surface area contributed by atoms with Gasteiger partial charge in [-0.3, -0.25) is 4.40 Å². The van der Waals surface area contributed by atoms with Crippen LogP contribution in [0.15, 0.2) is 87.5 Å². The van der Waals surface area contributed by atoms with E-state index in [0.29, 0.717) is 10.9 Å². The Balaban J connectivity index is 1.08. The molecule has 1 saturated heterocycles. The summed E-state index contributed by atoms with van der Waals surface area (Å²) in [6.07, 6.45) is 8.30. The number of rotatable bonds is 4. The molecule has 0 unspecified atom stereocenters. The average molecular weight is 553 g/mol. The van der Waals surface area contributed by atoms with Crippen LogP contribution in [-0.4, -0.2) is 32.4 Å². The molecule has 6 aromatic rings. The van der Waals surface area contributed by atoms with E-state index in [-0.39, 0.29) is 11.5 Å². The number of nitrogens with two attached hydrogens (primary N) is 1. The van der Waals surface area contributed by atoms with Gasteiger partial charge < -0.3 is 15.1 Å². The van der Waals surface area contributed by atoms with Crippen molar-refractivity contribution < 1.29 is 4.42 Å². The topological polar surface area (TPSA) is 85.5 Å². The zero-order chi connectivity index (χ0) is 26.1. The largest absolute Gasteiger partial charge is 0.444 e. The first-order valence-corrected chi connectivity index (χ1v) is 14.3. The summed E-state index contributed by atoms with van der Waals surface area (Å²) < 4.78 is 7.64. The van der Waals surface area contributed by atoms with Crippen molar-refractivity contribution >= 4 is 46.0 Å². The van der Waals surface area contributed by atoms with Gasteiger partial charge in [-0.2, -0.15) is 0 Å². The fourth-order valence-electron chi connectivity index (χ4n) is 6.48. The minimum absolute atomic E-state index is 0.105. The number of anilines is 1. The van der Waals surface area contributed by atoms with E-state index < -0.39 is 0 Å². The highest BCUT2D eigenvalue weighted by atomic mass is 35.5. The van der Waals surface area contributed by atoms with Gasteiger partial charge in [0.15, 0.2) is 11.5 Å². The van der Waals surface area contributed by atoms with Crippen LogP contribution in [-0.2, 0) is 6.42 Å². The number of benzene rings is 2. The zero-order valence-electron chi connectivity index (χ0n) is 21.0. The van der Waals surface area contributed by atoms with Gasteiger partial charge in [0.05, 0.1) is 27.9 Å². The van der Waals surface area contributed by atoms with E-state index in [4.69, 9.17) is 31.7 Å². The van der Waals surface area contributed by atoms with Gasteiger partial charge in [0.2, 0.25) is 5.89 Å². The molecule has 1 aliphatic heterocycles. The molecule has 8 rings (SSSR count). The Morgan fingerprint density at radius 3 is 2.69 bits per heavy atom. The second kappa shape index (κ2) is 8.71. The first-order valence-electron chi connectivity index (χ1n) is 13.2. The summed E-state index contributed by atoms with van der Waals surface area (Å²) in [6, 6.07) is 18.8. The molecule has 2 aromatic carbocycles. The summed E-state index contributed by atoms with van der Waals surface area (Å²) in [5, 5.41) is 0.611. The average Bonchev–Trinajstić information content (AvgIpc) is 3.75. The van der Waals surface area contributed by atoms with Crippen molar-refractivity contribution in [1.82, 2.24) is 19.4 Å². The fourth-order valence-corrected chi connectivity index (χ4v) is 7.76. The van der Waals surface area contributed by atoms with E-state index in [1.165, 1.54) is 11.1 Å². The molecule has 0 amide bonds. The van der Waals surface area contributed by atoms with Crippen molar-refractivity contribution in [2.75, 3.05) is 18.0 Å². The van der Waals surface area contributed by atoms with Crippen LogP contribution < -0.4 is 10.6 Å². The summed E-state index contributed by atoms with van der Waals surface area (Å²) in [6.45, 7) is 1.87. The number of imidazole rings is 2. The lowest BCUT2D eigenvalue weighted by Crippen LogP contribution is -2.44. The molecule has 5 heterocycles. The molecule has 1 spiro atoms. The molecule has 194 valence electrons. The standard InChI is InChI=1S/C30H25ClN6OS/c31-25-20(29-33-12-15-38-29)6-3-7-22(25)39-23-8-9-24-35-27(21-17-34-28(23)37(21)24)36-13-10-30(11-14-36)16-18-4-1-2-5-19(18)26(30)32/h1-9,12,15,17,26H,10-11,13-14,16,32H2/t26-/m1/s1. The number of aromatic nitrogens is 4. The van der Waals surface area contributed by atoms with Gasteiger partial charge in [0, 0.05) is 24.0 Å². The van der Waals surface area contributed by atoms with E-state index in [1.54, 1.807) is 24.2 Å². The van der Waals surface area contributed by atoms with Crippen LogP contribution in [0.3, 0.4) is 0 Å². The minimum Gasteiger partial charge on any atom is -0.444 e. The van der Waals surface area contributed by atoms with Crippen LogP contribution in [0.2, 0.25) is 5.02 Å². The van der Waals surface area contributed by atoms with E-state index in [1.807, 2.05) is 24.4 Å². The molecule has 2 N–H and O–H groups in total. The molecule has 2 aliphatic rings. The first-order chi connectivity index (χ1) is 19.1. The highest BCUT2D eigenvalue weighted by Crippen LogP contribution is 2.51. The predicted octanol–water partition coefficient (Wildman–Crippen LogP) is 6.62. The number of halogens is 1. The third-order valence-corrected chi connectivity index (χ3v) is 10.2. The van der Waals surface area contributed by atoms with E-state index in [0.717, 1.165) is 70.3 Å². The van der Waals surface area contributed by atoms with Crippen molar-refractivity contribution in [3.8, 4) is 11.5 Å². The van der Waals surface area contributed by atoms with E-state index in [2.05, 4.69) is 50.7 Å². The van der Waals surface area contributed by atoms with Gasteiger partial charge in [-0.25, -0.2) is 15.0 Å². The van der Waals surface area contributed by atoms with Crippen molar-refractivity contribution in [3.05, 3.63) is 89.4 Å². The molecule has 7 nitrogen and oxygen atoms in total. The Hall–Kier alpha value is -3.59. The van der Waals surface area contributed by atoms with Gasteiger partial charge in [-0.1, -0.05) is 53.7 Å². The maximum atomic E-state index is 6.81. The summed E-state index contributed by atoms with van der Waals surface area (Å²) in [7, 11) is 0. The van der Waals surface area contributed by atoms with E-state index >= 15 is 0 Å². The third-order valence-electron chi connectivity index (χ3n) is 8.54.